The maximum atomic E-state index is 12.5. The van der Waals surface area contributed by atoms with Gasteiger partial charge in [-0.15, -0.1) is 11.3 Å². The van der Waals surface area contributed by atoms with E-state index in [1.807, 2.05) is 42.9 Å². The van der Waals surface area contributed by atoms with Crippen LogP contribution < -0.4 is 0 Å². The summed E-state index contributed by atoms with van der Waals surface area (Å²) in [7, 11) is 0. The SMILES string of the molecule is Cc1ccc(C(=O)OCC(=O)c2cc(C)n(-c3nccs3)c2C)cc1. The molecular weight excluding hydrogens is 336 g/mol. The largest absolute Gasteiger partial charge is 0.454 e. The molecule has 0 aliphatic carbocycles. The van der Waals surface area contributed by atoms with Gasteiger partial charge in [0.1, 0.15) is 0 Å². The Hall–Kier alpha value is -2.73. The van der Waals surface area contributed by atoms with E-state index < -0.39 is 5.97 Å². The van der Waals surface area contributed by atoms with Gasteiger partial charge in [-0.25, -0.2) is 9.78 Å². The number of carbonyl (C=O) groups is 2. The van der Waals surface area contributed by atoms with Crippen LogP contribution in [0.5, 0.6) is 0 Å². The van der Waals surface area contributed by atoms with Crippen molar-refractivity contribution in [1.82, 2.24) is 9.55 Å². The van der Waals surface area contributed by atoms with Gasteiger partial charge >= 0.3 is 5.97 Å². The molecule has 0 spiro atoms. The van der Waals surface area contributed by atoms with Crippen LogP contribution in [-0.2, 0) is 4.74 Å². The molecule has 0 unspecified atom stereocenters. The minimum absolute atomic E-state index is 0.226. The molecule has 0 N–H and O–H groups in total. The average molecular weight is 354 g/mol. The van der Waals surface area contributed by atoms with Crippen molar-refractivity contribution < 1.29 is 14.3 Å². The maximum Gasteiger partial charge on any atom is 0.338 e. The normalized spacial score (nSPS) is 10.7. The minimum atomic E-state index is -0.498. The third-order valence-electron chi connectivity index (χ3n) is 3.96. The van der Waals surface area contributed by atoms with Crippen molar-refractivity contribution in [3.05, 3.63) is 70.0 Å². The second-order valence-electron chi connectivity index (χ2n) is 5.80. The number of ether oxygens (including phenoxy) is 1. The quantitative estimate of drug-likeness (QED) is 0.515. The Bertz CT molecular complexity index is 909. The van der Waals surface area contributed by atoms with Crippen LogP contribution in [0.4, 0.5) is 0 Å². The molecule has 0 atom stereocenters. The second kappa shape index (κ2) is 7.03. The third kappa shape index (κ3) is 3.53. The molecule has 0 saturated heterocycles. The number of aryl methyl sites for hydroxylation is 2. The van der Waals surface area contributed by atoms with Gasteiger partial charge in [0.05, 0.1) is 5.56 Å². The summed E-state index contributed by atoms with van der Waals surface area (Å²) in [5.74, 6) is -0.724. The predicted octanol–water partition coefficient (Wildman–Crippen LogP) is 3.90. The maximum absolute atomic E-state index is 12.5. The number of thiazole rings is 1. The number of benzene rings is 1. The number of carbonyl (C=O) groups excluding carboxylic acids is 2. The molecule has 128 valence electrons. The lowest BCUT2D eigenvalue weighted by atomic mass is 10.1. The Morgan fingerprint density at radius 3 is 2.52 bits per heavy atom. The van der Waals surface area contributed by atoms with Crippen LogP contribution in [0.25, 0.3) is 5.13 Å². The lowest BCUT2D eigenvalue weighted by Gasteiger charge is -2.06. The first kappa shape index (κ1) is 17.1. The standard InChI is InChI=1S/C19H18N2O3S/c1-12-4-6-15(7-5-12)18(23)24-11-17(22)16-10-13(2)21(14(16)3)19-20-8-9-25-19/h4-10H,11H2,1-3H3. The summed E-state index contributed by atoms with van der Waals surface area (Å²) in [6, 6.07) is 8.85. The summed E-state index contributed by atoms with van der Waals surface area (Å²) in [5, 5.41) is 2.70. The van der Waals surface area contributed by atoms with Crippen molar-refractivity contribution in [3.63, 3.8) is 0 Å². The lowest BCUT2D eigenvalue weighted by Crippen LogP contribution is -2.15. The fourth-order valence-electron chi connectivity index (χ4n) is 2.65. The molecular formula is C19H18N2O3S. The zero-order valence-corrected chi connectivity index (χ0v) is 15.1. The van der Waals surface area contributed by atoms with Crippen molar-refractivity contribution in [3.8, 4) is 5.13 Å². The Morgan fingerprint density at radius 1 is 1.16 bits per heavy atom. The number of hydrogen-bond donors (Lipinski definition) is 0. The molecule has 0 fully saturated rings. The Morgan fingerprint density at radius 2 is 1.88 bits per heavy atom. The van der Waals surface area contributed by atoms with Crippen LogP contribution >= 0.6 is 11.3 Å². The van der Waals surface area contributed by atoms with Gasteiger partial charge in [0, 0.05) is 28.5 Å². The molecule has 0 aliphatic heterocycles. The van der Waals surface area contributed by atoms with Crippen LogP contribution in [0.1, 0.15) is 37.7 Å². The first-order valence-electron chi connectivity index (χ1n) is 7.83. The topological polar surface area (TPSA) is 61.2 Å². The van der Waals surface area contributed by atoms with Crippen LogP contribution in [0.15, 0.2) is 41.9 Å². The van der Waals surface area contributed by atoms with E-state index in [-0.39, 0.29) is 12.4 Å². The lowest BCUT2D eigenvalue weighted by molar-refractivity contribution is 0.0474. The molecule has 2 heterocycles. The Labute approximate surface area is 149 Å². The fraction of sp³-hybridized carbons (Fsp3) is 0.211. The third-order valence-corrected chi connectivity index (χ3v) is 4.72. The molecule has 2 aromatic heterocycles. The number of esters is 1. The highest BCUT2D eigenvalue weighted by molar-refractivity contribution is 7.12. The monoisotopic (exact) mass is 354 g/mol. The number of hydrogen-bond acceptors (Lipinski definition) is 5. The van der Waals surface area contributed by atoms with Gasteiger partial charge in [-0.3, -0.25) is 9.36 Å². The number of Topliss-reactive ketones (excluding diaryl/α,β-unsaturated/α-hetero) is 1. The molecule has 0 aliphatic rings. The average Bonchev–Trinajstić information content (AvgIpc) is 3.21. The molecule has 25 heavy (non-hydrogen) atoms. The Kier molecular flexibility index (Phi) is 4.81. The van der Waals surface area contributed by atoms with E-state index in [2.05, 4.69) is 4.98 Å². The number of ketones is 1. The molecule has 3 aromatic rings. The summed E-state index contributed by atoms with van der Waals surface area (Å²) in [4.78, 5) is 28.8. The second-order valence-corrected chi connectivity index (χ2v) is 6.67. The fourth-order valence-corrected chi connectivity index (χ4v) is 3.40. The first-order chi connectivity index (χ1) is 12.0. The Balaban J connectivity index is 1.73. The van der Waals surface area contributed by atoms with Gasteiger partial charge in [0.2, 0.25) is 5.78 Å². The van der Waals surface area contributed by atoms with Crippen LogP contribution in [0.3, 0.4) is 0 Å². The zero-order valence-electron chi connectivity index (χ0n) is 14.3. The van der Waals surface area contributed by atoms with Gasteiger partial charge < -0.3 is 4.74 Å². The summed E-state index contributed by atoms with van der Waals surface area (Å²) < 4.78 is 7.10. The highest BCUT2D eigenvalue weighted by Crippen LogP contribution is 2.22. The van der Waals surface area contributed by atoms with Crippen molar-refractivity contribution in [2.75, 3.05) is 6.61 Å². The number of nitrogens with zero attached hydrogens (tertiary/aromatic N) is 2. The molecule has 0 bridgehead atoms. The van der Waals surface area contributed by atoms with Crippen LogP contribution in [0, 0.1) is 20.8 Å². The van der Waals surface area contributed by atoms with E-state index >= 15 is 0 Å². The summed E-state index contributed by atoms with van der Waals surface area (Å²) >= 11 is 1.50. The smallest absolute Gasteiger partial charge is 0.338 e. The van der Waals surface area contributed by atoms with Crippen LogP contribution in [-0.4, -0.2) is 27.9 Å². The van der Waals surface area contributed by atoms with E-state index in [9.17, 15) is 9.59 Å². The highest BCUT2D eigenvalue weighted by atomic mass is 32.1. The van der Waals surface area contributed by atoms with Gasteiger partial charge in [-0.1, -0.05) is 17.7 Å². The van der Waals surface area contributed by atoms with Crippen LogP contribution in [0.2, 0.25) is 0 Å². The zero-order chi connectivity index (χ0) is 18.0. The van der Waals surface area contributed by atoms with E-state index in [0.717, 1.165) is 22.1 Å². The van der Waals surface area contributed by atoms with Crippen molar-refractivity contribution in [2.45, 2.75) is 20.8 Å². The summed E-state index contributed by atoms with van der Waals surface area (Å²) in [6.07, 6.45) is 1.73. The van der Waals surface area contributed by atoms with Gasteiger partial charge in [-0.2, -0.15) is 0 Å². The molecule has 1 aromatic carbocycles. The van der Waals surface area contributed by atoms with E-state index in [1.54, 1.807) is 24.4 Å². The molecule has 0 amide bonds. The molecule has 6 heteroatoms. The van der Waals surface area contributed by atoms with Gasteiger partial charge in [0.15, 0.2) is 11.7 Å². The molecule has 0 radical (unpaired) electrons. The van der Waals surface area contributed by atoms with Crippen molar-refractivity contribution in [2.24, 2.45) is 0 Å². The highest BCUT2D eigenvalue weighted by Gasteiger charge is 2.19. The van der Waals surface area contributed by atoms with Crippen molar-refractivity contribution in [1.29, 1.82) is 0 Å². The van der Waals surface area contributed by atoms with Gasteiger partial charge in [-0.05, 0) is 39.0 Å². The molecule has 3 rings (SSSR count). The van der Waals surface area contributed by atoms with Crippen molar-refractivity contribution >= 4 is 23.1 Å². The molecule has 0 saturated carbocycles. The van der Waals surface area contributed by atoms with Gasteiger partial charge in [0.25, 0.3) is 0 Å². The minimum Gasteiger partial charge on any atom is -0.454 e. The number of aromatic nitrogens is 2. The predicted molar refractivity (Wildman–Crippen MR) is 96.7 cm³/mol. The van der Waals surface area contributed by atoms with E-state index in [0.29, 0.717) is 11.1 Å². The van der Waals surface area contributed by atoms with E-state index in [4.69, 9.17) is 4.74 Å². The number of rotatable bonds is 5. The van der Waals surface area contributed by atoms with E-state index in [1.165, 1.54) is 11.3 Å². The summed E-state index contributed by atoms with van der Waals surface area (Å²) in [6.45, 7) is 5.44. The molecule has 5 nitrogen and oxygen atoms in total. The first-order valence-corrected chi connectivity index (χ1v) is 8.71. The summed E-state index contributed by atoms with van der Waals surface area (Å²) in [5.41, 5.74) is 3.75.